The SMILES string of the molecule is O=C1CCC(C(=O)N2c3ccccc3C[C@H]2C(=O)O)=NN1. The number of para-hydroxylation sites is 1. The van der Waals surface area contributed by atoms with E-state index >= 15 is 0 Å². The fraction of sp³-hybridized carbons (Fsp3) is 0.286. The van der Waals surface area contributed by atoms with Gasteiger partial charge in [-0.1, -0.05) is 18.2 Å². The van der Waals surface area contributed by atoms with E-state index in [1.54, 1.807) is 12.1 Å². The van der Waals surface area contributed by atoms with Crippen molar-refractivity contribution in [3.63, 3.8) is 0 Å². The molecule has 0 saturated carbocycles. The molecule has 2 amide bonds. The molecule has 2 heterocycles. The Morgan fingerprint density at radius 1 is 1.29 bits per heavy atom. The highest BCUT2D eigenvalue weighted by Gasteiger charge is 2.40. The molecule has 0 unspecified atom stereocenters. The van der Waals surface area contributed by atoms with Gasteiger partial charge in [0.2, 0.25) is 5.91 Å². The van der Waals surface area contributed by atoms with Crippen LogP contribution < -0.4 is 10.3 Å². The van der Waals surface area contributed by atoms with Gasteiger partial charge < -0.3 is 5.11 Å². The molecular formula is C14H13N3O4. The summed E-state index contributed by atoms with van der Waals surface area (Å²) in [7, 11) is 0. The van der Waals surface area contributed by atoms with Crippen molar-refractivity contribution in [2.75, 3.05) is 4.90 Å². The highest BCUT2D eigenvalue weighted by molar-refractivity contribution is 6.45. The molecule has 1 aromatic rings. The molecule has 2 N–H and O–H groups in total. The lowest BCUT2D eigenvalue weighted by Gasteiger charge is -2.24. The smallest absolute Gasteiger partial charge is 0.327 e. The third-order valence-electron chi connectivity index (χ3n) is 3.63. The highest BCUT2D eigenvalue weighted by atomic mass is 16.4. The van der Waals surface area contributed by atoms with Crippen molar-refractivity contribution in [3.8, 4) is 0 Å². The molecule has 0 saturated heterocycles. The van der Waals surface area contributed by atoms with Crippen LogP contribution in [0.5, 0.6) is 0 Å². The van der Waals surface area contributed by atoms with Gasteiger partial charge in [0.25, 0.3) is 5.91 Å². The molecule has 0 bridgehead atoms. The lowest BCUT2D eigenvalue weighted by molar-refractivity contribution is -0.139. The molecule has 0 aliphatic carbocycles. The van der Waals surface area contributed by atoms with Gasteiger partial charge in [-0.3, -0.25) is 14.5 Å². The van der Waals surface area contributed by atoms with Crippen LogP contribution in [-0.4, -0.2) is 34.6 Å². The zero-order valence-electron chi connectivity index (χ0n) is 11.1. The number of aliphatic carboxylic acids is 1. The topological polar surface area (TPSA) is 99.1 Å². The van der Waals surface area contributed by atoms with E-state index in [2.05, 4.69) is 10.5 Å². The minimum Gasteiger partial charge on any atom is -0.480 e. The van der Waals surface area contributed by atoms with Gasteiger partial charge in [-0.25, -0.2) is 10.2 Å². The monoisotopic (exact) mass is 287 g/mol. The number of carbonyl (C=O) groups excluding carboxylic acids is 2. The summed E-state index contributed by atoms with van der Waals surface area (Å²) < 4.78 is 0. The van der Waals surface area contributed by atoms with Gasteiger partial charge in [-0.2, -0.15) is 5.10 Å². The summed E-state index contributed by atoms with van der Waals surface area (Å²) in [5, 5.41) is 13.1. The van der Waals surface area contributed by atoms with Crippen LogP contribution in [0, 0.1) is 0 Å². The van der Waals surface area contributed by atoms with Gasteiger partial charge in [0.05, 0.1) is 0 Å². The molecule has 0 aromatic heterocycles. The summed E-state index contributed by atoms with van der Waals surface area (Å²) in [6.07, 6.45) is 0.671. The van der Waals surface area contributed by atoms with Crippen LogP contribution in [0.2, 0.25) is 0 Å². The van der Waals surface area contributed by atoms with Crippen LogP contribution in [0.1, 0.15) is 18.4 Å². The maximum absolute atomic E-state index is 12.6. The number of rotatable bonds is 2. The summed E-state index contributed by atoms with van der Waals surface area (Å²) >= 11 is 0. The van der Waals surface area contributed by atoms with Crippen molar-refractivity contribution in [2.45, 2.75) is 25.3 Å². The number of amides is 2. The van der Waals surface area contributed by atoms with E-state index in [-0.39, 0.29) is 30.9 Å². The van der Waals surface area contributed by atoms with Crippen molar-refractivity contribution in [1.29, 1.82) is 0 Å². The van der Waals surface area contributed by atoms with E-state index < -0.39 is 17.9 Å². The van der Waals surface area contributed by atoms with E-state index in [0.717, 1.165) is 5.56 Å². The number of hydrogen-bond acceptors (Lipinski definition) is 4. The lowest BCUT2D eigenvalue weighted by Crippen LogP contribution is -2.47. The van der Waals surface area contributed by atoms with Gasteiger partial charge in [-0.15, -0.1) is 0 Å². The van der Waals surface area contributed by atoms with Crippen molar-refractivity contribution in [2.24, 2.45) is 5.10 Å². The Balaban J connectivity index is 1.96. The Hall–Kier alpha value is -2.70. The Labute approximate surface area is 120 Å². The molecule has 2 aliphatic heterocycles. The molecule has 7 nitrogen and oxygen atoms in total. The van der Waals surface area contributed by atoms with E-state index in [0.29, 0.717) is 5.69 Å². The summed E-state index contributed by atoms with van der Waals surface area (Å²) in [5.74, 6) is -1.77. The van der Waals surface area contributed by atoms with Gasteiger partial charge in [-0.05, 0) is 11.6 Å². The van der Waals surface area contributed by atoms with E-state index in [1.165, 1.54) is 4.90 Å². The summed E-state index contributed by atoms with van der Waals surface area (Å²) in [6.45, 7) is 0. The minimum absolute atomic E-state index is 0.178. The number of hydrogen-bond donors (Lipinski definition) is 2. The fourth-order valence-corrected chi connectivity index (χ4v) is 2.60. The molecule has 0 spiro atoms. The predicted molar refractivity (Wildman–Crippen MR) is 73.9 cm³/mol. The Morgan fingerprint density at radius 3 is 2.71 bits per heavy atom. The number of anilines is 1. The van der Waals surface area contributed by atoms with Crippen LogP contribution in [0.3, 0.4) is 0 Å². The van der Waals surface area contributed by atoms with Crippen LogP contribution in [0.15, 0.2) is 29.4 Å². The number of carboxylic acids is 1. The average Bonchev–Trinajstić information content (AvgIpc) is 2.87. The highest BCUT2D eigenvalue weighted by Crippen LogP contribution is 2.32. The first-order valence-electron chi connectivity index (χ1n) is 6.57. The molecule has 0 radical (unpaired) electrons. The van der Waals surface area contributed by atoms with E-state index in [1.807, 2.05) is 12.1 Å². The van der Waals surface area contributed by atoms with Gasteiger partial charge >= 0.3 is 5.97 Å². The van der Waals surface area contributed by atoms with Crippen molar-refractivity contribution in [1.82, 2.24) is 5.43 Å². The third kappa shape index (κ3) is 2.26. The van der Waals surface area contributed by atoms with Crippen LogP contribution >= 0.6 is 0 Å². The first-order chi connectivity index (χ1) is 10.1. The maximum Gasteiger partial charge on any atom is 0.327 e. The van der Waals surface area contributed by atoms with Crippen LogP contribution in [0.25, 0.3) is 0 Å². The normalized spacial score (nSPS) is 20.6. The second-order valence-corrected chi connectivity index (χ2v) is 4.96. The van der Waals surface area contributed by atoms with Gasteiger partial charge in [0.1, 0.15) is 11.8 Å². The number of benzene rings is 1. The maximum atomic E-state index is 12.6. The third-order valence-corrected chi connectivity index (χ3v) is 3.63. The van der Waals surface area contributed by atoms with E-state index in [9.17, 15) is 19.5 Å². The first kappa shape index (κ1) is 13.3. The van der Waals surface area contributed by atoms with Crippen molar-refractivity contribution < 1.29 is 19.5 Å². The zero-order valence-corrected chi connectivity index (χ0v) is 11.1. The minimum atomic E-state index is -1.06. The molecule has 3 rings (SSSR count). The number of fused-ring (bicyclic) bond motifs is 1. The summed E-state index contributed by atoms with van der Waals surface area (Å²) in [4.78, 5) is 36.3. The number of nitrogens with one attached hydrogen (secondary N) is 1. The number of carbonyl (C=O) groups is 3. The summed E-state index contributed by atoms with van der Waals surface area (Å²) in [6, 6.07) is 6.16. The molecule has 1 aromatic carbocycles. The van der Waals surface area contributed by atoms with Crippen LogP contribution in [0.4, 0.5) is 5.69 Å². The fourth-order valence-electron chi connectivity index (χ4n) is 2.60. The molecule has 2 aliphatic rings. The standard InChI is InChI=1S/C14H13N3O4/c18-12-6-5-9(15-16-12)13(19)17-10-4-2-1-3-8(10)7-11(17)14(20)21/h1-4,11H,5-7H2,(H,16,18)(H,20,21)/t11-/m0/s1. The van der Waals surface area contributed by atoms with Gasteiger partial charge in [0, 0.05) is 24.9 Å². The molecule has 21 heavy (non-hydrogen) atoms. The summed E-state index contributed by atoms with van der Waals surface area (Å²) in [5.41, 5.74) is 3.85. The Bertz CT molecular complexity index is 668. The average molecular weight is 287 g/mol. The largest absolute Gasteiger partial charge is 0.480 e. The number of nitrogens with zero attached hydrogens (tertiary/aromatic N) is 2. The number of carboxylic acid groups (broad SMARTS) is 1. The van der Waals surface area contributed by atoms with Crippen LogP contribution in [-0.2, 0) is 20.8 Å². The molecule has 108 valence electrons. The lowest BCUT2D eigenvalue weighted by atomic mass is 10.1. The van der Waals surface area contributed by atoms with Gasteiger partial charge in [0.15, 0.2) is 0 Å². The second kappa shape index (κ2) is 5.01. The van der Waals surface area contributed by atoms with Crippen molar-refractivity contribution >= 4 is 29.2 Å². The molecule has 1 atom stereocenters. The first-order valence-corrected chi connectivity index (χ1v) is 6.57. The Kier molecular flexibility index (Phi) is 3.17. The predicted octanol–water partition coefficient (Wildman–Crippen LogP) is 0.295. The Morgan fingerprint density at radius 2 is 2.05 bits per heavy atom. The van der Waals surface area contributed by atoms with E-state index in [4.69, 9.17) is 0 Å². The van der Waals surface area contributed by atoms with Crippen molar-refractivity contribution in [3.05, 3.63) is 29.8 Å². The second-order valence-electron chi connectivity index (χ2n) is 4.96. The quantitative estimate of drug-likeness (QED) is 0.817. The molecular weight excluding hydrogens is 274 g/mol. The number of hydrazone groups is 1. The molecule has 7 heteroatoms. The zero-order chi connectivity index (χ0) is 15.0. The molecule has 0 fully saturated rings.